The fraction of sp³-hybridized carbons (Fsp3) is 0.417. The Morgan fingerprint density at radius 2 is 2.17 bits per heavy atom. The average Bonchev–Trinajstić information content (AvgIpc) is 2.31. The van der Waals surface area contributed by atoms with E-state index in [1.54, 1.807) is 6.92 Å². The fourth-order valence-corrected chi connectivity index (χ4v) is 2.08. The van der Waals surface area contributed by atoms with E-state index < -0.39 is 23.7 Å². The Morgan fingerprint density at radius 1 is 1.44 bits per heavy atom. The Hall–Kier alpha value is -1.14. The third-order valence-corrected chi connectivity index (χ3v) is 3.18. The molecule has 1 rings (SSSR count). The van der Waals surface area contributed by atoms with Crippen LogP contribution >= 0.6 is 11.8 Å². The van der Waals surface area contributed by atoms with Crippen molar-refractivity contribution in [3.05, 3.63) is 29.8 Å². The van der Waals surface area contributed by atoms with Gasteiger partial charge < -0.3 is 9.84 Å². The van der Waals surface area contributed by atoms with E-state index in [0.29, 0.717) is 4.90 Å². The Kier molecular flexibility index (Phi) is 6.07. The lowest BCUT2D eigenvalue weighted by Gasteiger charge is -2.09. The molecule has 1 aromatic rings. The van der Waals surface area contributed by atoms with E-state index in [-0.39, 0.29) is 18.8 Å². The molecule has 6 heteroatoms. The number of rotatable bonds is 6. The zero-order chi connectivity index (χ0) is 13.5. The number of halogens is 2. The normalized spacial score (nSPS) is 12.2. The van der Waals surface area contributed by atoms with Crippen LogP contribution in [0.25, 0.3) is 0 Å². The second-order valence-electron chi connectivity index (χ2n) is 3.55. The first-order valence-corrected chi connectivity index (χ1v) is 6.43. The van der Waals surface area contributed by atoms with Gasteiger partial charge in [0.15, 0.2) is 11.6 Å². The summed E-state index contributed by atoms with van der Waals surface area (Å²) < 4.78 is 30.2. The summed E-state index contributed by atoms with van der Waals surface area (Å²) in [6, 6.07) is 3.49. The SMILES string of the molecule is CCOC(=O)CC(O)CSc1ccc(F)c(F)c1. The summed E-state index contributed by atoms with van der Waals surface area (Å²) in [6.07, 6.45) is -0.980. The maximum Gasteiger partial charge on any atom is 0.308 e. The van der Waals surface area contributed by atoms with Crippen molar-refractivity contribution in [1.29, 1.82) is 0 Å². The quantitative estimate of drug-likeness (QED) is 0.640. The van der Waals surface area contributed by atoms with Crippen LogP contribution in [0.3, 0.4) is 0 Å². The summed E-state index contributed by atoms with van der Waals surface area (Å²) in [5.41, 5.74) is 0. The smallest absolute Gasteiger partial charge is 0.308 e. The van der Waals surface area contributed by atoms with Crippen LogP contribution in [-0.2, 0) is 9.53 Å². The molecular weight excluding hydrogens is 262 g/mol. The van der Waals surface area contributed by atoms with Crippen LogP contribution in [0.5, 0.6) is 0 Å². The van der Waals surface area contributed by atoms with Crippen LogP contribution in [0.15, 0.2) is 23.1 Å². The highest BCUT2D eigenvalue weighted by Gasteiger charge is 2.12. The summed E-state index contributed by atoms with van der Waals surface area (Å²) in [4.78, 5) is 11.6. The zero-order valence-electron chi connectivity index (χ0n) is 9.86. The molecule has 0 aromatic heterocycles. The fourth-order valence-electron chi connectivity index (χ4n) is 1.23. The molecule has 1 atom stereocenters. The predicted octanol–water partition coefficient (Wildman–Crippen LogP) is 2.37. The molecule has 1 aromatic carbocycles. The van der Waals surface area contributed by atoms with Gasteiger partial charge in [-0.3, -0.25) is 4.79 Å². The first-order chi connectivity index (χ1) is 8.52. The number of hydrogen-bond donors (Lipinski definition) is 1. The van der Waals surface area contributed by atoms with Gasteiger partial charge in [-0.25, -0.2) is 8.78 Å². The second kappa shape index (κ2) is 7.33. The van der Waals surface area contributed by atoms with E-state index in [2.05, 4.69) is 4.74 Å². The maximum absolute atomic E-state index is 12.9. The number of aliphatic hydroxyl groups excluding tert-OH is 1. The number of hydrogen-bond acceptors (Lipinski definition) is 4. The van der Waals surface area contributed by atoms with Gasteiger partial charge in [-0.2, -0.15) is 0 Å². The molecule has 3 nitrogen and oxygen atoms in total. The van der Waals surface area contributed by atoms with Gasteiger partial charge in [0.2, 0.25) is 0 Å². The molecule has 0 radical (unpaired) electrons. The number of benzene rings is 1. The van der Waals surface area contributed by atoms with Crippen molar-refractivity contribution in [3.8, 4) is 0 Å². The van der Waals surface area contributed by atoms with E-state index in [9.17, 15) is 18.7 Å². The van der Waals surface area contributed by atoms with E-state index in [1.807, 2.05) is 0 Å². The highest BCUT2D eigenvalue weighted by molar-refractivity contribution is 7.99. The molecule has 0 bridgehead atoms. The topological polar surface area (TPSA) is 46.5 Å². The molecule has 0 aliphatic rings. The number of esters is 1. The average molecular weight is 276 g/mol. The van der Waals surface area contributed by atoms with E-state index in [0.717, 1.165) is 23.9 Å². The summed E-state index contributed by atoms with van der Waals surface area (Å²) in [7, 11) is 0. The van der Waals surface area contributed by atoms with E-state index in [1.165, 1.54) is 6.07 Å². The van der Waals surface area contributed by atoms with Crippen LogP contribution in [0.4, 0.5) is 8.78 Å². The van der Waals surface area contributed by atoms with Crippen molar-refractivity contribution < 1.29 is 23.4 Å². The van der Waals surface area contributed by atoms with Crippen molar-refractivity contribution in [2.75, 3.05) is 12.4 Å². The molecule has 0 fully saturated rings. The molecule has 0 saturated carbocycles. The molecule has 0 aliphatic heterocycles. The summed E-state index contributed by atoms with van der Waals surface area (Å²) in [6.45, 7) is 1.95. The first-order valence-electron chi connectivity index (χ1n) is 5.44. The lowest BCUT2D eigenvalue weighted by atomic mass is 10.3. The molecule has 1 unspecified atom stereocenters. The standard InChI is InChI=1S/C12H14F2O3S/c1-2-17-12(16)5-8(15)7-18-9-3-4-10(13)11(14)6-9/h3-4,6,8,15H,2,5,7H2,1H3. The van der Waals surface area contributed by atoms with E-state index >= 15 is 0 Å². The Bertz CT molecular complexity index is 412. The van der Waals surface area contributed by atoms with Gasteiger partial charge in [0.1, 0.15) is 0 Å². The molecule has 18 heavy (non-hydrogen) atoms. The van der Waals surface area contributed by atoms with Gasteiger partial charge in [-0.05, 0) is 25.1 Å². The minimum atomic E-state index is -0.931. The maximum atomic E-state index is 12.9. The van der Waals surface area contributed by atoms with Crippen molar-refractivity contribution in [2.45, 2.75) is 24.3 Å². The molecule has 0 saturated heterocycles. The molecule has 0 aliphatic carbocycles. The largest absolute Gasteiger partial charge is 0.466 e. The first kappa shape index (κ1) is 14.9. The Morgan fingerprint density at radius 3 is 2.78 bits per heavy atom. The van der Waals surface area contributed by atoms with Crippen molar-refractivity contribution in [1.82, 2.24) is 0 Å². The molecule has 0 heterocycles. The van der Waals surface area contributed by atoms with Crippen LogP contribution in [0.2, 0.25) is 0 Å². The third kappa shape index (κ3) is 5.01. The molecular formula is C12H14F2O3S. The number of aliphatic hydroxyl groups is 1. The van der Waals surface area contributed by atoms with Gasteiger partial charge in [0, 0.05) is 10.6 Å². The van der Waals surface area contributed by atoms with E-state index in [4.69, 9.17) is 0 Å². The summed E-state index contributed by atoms with van der Waals surface area (Å²) >= 11 is 1.15. The van der Waals surface area contributed by atoms with Crippen LogP contribution in [0, 0.1) is 11.6 Å². The van der Waals surface area contributed by atoms with Gasteiger partial charge in [0.05, 0.1) is 19.1 Å². The number of carbonyl (C=O) groups is 1. The molecule has 1 N–H and O–H groups in total. The summed E-state index contributed by atoms with van der Waals surface area (Å²) in [5, 5.41) is 9.54. The monoisotopic (exact) mass is 276 g/mol. The lowest BCUT2D eigenvalue weighted by molar-refractivity contribution is -0.144. The van der Waals surface area contributed by atoms with Gasteiger partial charge in [-0.1, -0.05) is 0 Å². The Labute approximate surface area is 108 Å². The molecule has 100 valence electrons. The number of ether oxygens (including phenoxy) is 1. The highest BCUT2D eigenvalue weighted by atomic mass is 32.2. The van der Waals surface area contributed by atoms with Crippen molar-refractivity contribution >= 4 is 17.7 Å². The predicted molar refractivity (Wildman–Crippen MR) is 64.3 cm³/mol. The number of carbonyl (C=O) groups excluding carboxylic acids is 1. The second-order valence-corrected chi connectivity index (χ2v) is 4.64. The third-order valence-electron chi connectivity index (χ3n) is 2.04. The van der Waals surface area contributed by atoms with Crippen molar-refractivity contribution in [3.63, 3.8) is 0 Å². The number of thioether (sulfide) groups is 1. The zero-order valence-corrected chi connectivity index (χ0v) is 10.7. The van der Waals surface area contributed by atoms with Crippen molar-refractivity contribution in [2.24, 2.45) is 0 Å². The lowest BCUT2D eigenvalue weighted by Crippen LogP contribution is -2.17. The van der Waals surface area contributed by atoms with Gasteiger partial charge in [0.25, 0.3) is 0 Å². The summed E-state index contributed by atoms with van der Waals surface area (Å²) in [5.74, 6) is -2.11. The van der Waals surface area contributed by atoms with Crippen LogP contribution in [0.1, 0.15) is 13.3 Å². The van der Waals surface area contributed by atoms with Gasteiger partial charge in [-0.15, -0.1) is 11.8 Å². The highest BCUT2D eigenvalue weighted by Crippen LogP contribution is 2.21. The Balaban J connectivity index is 2.40. The minimum absolute atomic E-state index is 0.107. The molecule has 0 spiro atoms. The molecule has 0 amide bonds. The van der Waals surface area contributed by atoms with Crippen LogP contribution in [-0.4, -0.2) is 29.5 Å². The van der Waals surface area contributed by atoms with Crippen LogP contribution < -0.4 is 0 Å². The minimum Gasteiger partial charge on any atom is -0.466 e. The van der Waals surface area contributed by atoms with Gasteiger partial charge >= 0.3 is 5.97 Å².